The average Bonchev–Trinajstić information content (AvgIpc) is 2.55. The molecular weight excluding hydrogens is 223 g/mol. The highest BCUT2D eigenvalue weighted by atomic mass is 19.4. The second-order valence-corrected chi connectivity index (χ2v) is 3.81. The molecule has 6 heteroatoms. The minimum atomic E-state index is -4.60. The van der Waals surface area contributed by atoms with Crippen molar-refractivity contribution in [1.29, 1.82) is 0 Å². The van der Waals surface area contributed by atoms with Crippen molar-refractivity contribution >= 4 is 5.97 Å². The van der Waals surface area contributed by atoms with Gasteiger partial charge < -0.3 is 9.67 Å². The molecule has 1 aromatic heterocycles. The Morgan fingerprint density at radius 1 is 1.38 bits per heavy atom. The van der Waals surface area contributed by atoms with Gasteiger partial charge in [0.2, 0.25) is 0 Å². The van der Waals surface area contributed by atoms with E-state index in [0.717, 1.165) is 18.9 Å². The minimum absolute atomic E-state index is 0.354. The molecule has 0 bridgehead atoms. The SMILES string of the molecule is O=C(O)c1c(C(F)(F)F)cc2n1CCCC2. The number of halogens is 3. The van der Waals surface area contributed by atoms with Gasteiger partial charge in [-0.2, -0.15) is 13.2 Å². The number of aromatic carboxylic acids is 1. The van der Waals surface area contributed by atoms with Crippen LogP contribution in [0.4, 0.5) is 13.2 Å². The Labute approximate surface area is 89.5 Å². The quantitative estimate of drug-likeness (QED) is 0.809. The van der Waals surface area contributed by atoms with Gasteiger partial charge in [-0.15, -0.1) is 0 Å². The van der Waals surface area contributed by atoms with Crippen LogP contribution >= 0.6 is 0 Å². The van der Waals surface area contributed by atoms with Crippen molar-refractivity contribution in [3.63, 3.8) is 0 Å². The van der Waals surface area contributed by atoms with Gasteiger partial charge in [0.25, 0.3) is 0 Å². The van der Waals surface area contributed by atoms with Crippen LogP contribution in [0.2, 0.25) is 0 Å². The Kier molecular flexibility index (Phi) is 2.44. The highest BCUT2D eigenvalue weighted by molar-refractivity contribution is 5.88. The third-order valence-electron chi connectivity index (χ3n) is 2.76. The number of alkyl halides is 3. The molecule has 0 saturated carbocycles. The normalized spacial score (nSPS) is 15.9. The molecule has 2 heterocycles. The summed E-state index contributed by atoms with van der Waals surface area (Å²) in [6.07, 6.45) is -2.56. The fourth-order valence-corrected chi connectivity index (χ4v) is 2.09. The fourth-order valence-electron chi connectivity index (χ4n) is 2.09. The lowest BCUT2D eigenvalue weighted by atomic mass is 10.1. The molecule has 0 fully saturated rings. The number of fused-ring (bicyclic) bond motifs is 1. The number of carboxylic acid groups (broad SMARTS) is 1. The average molecular weight is 233 g/mol. The van der Waals surface area contributed by atoms with Crippen molar-refractivity contribution < 1.29 is 23.1 Å². The summed E-state index contributed by atoms with van der Waals surface area (Å²) in [5, 5.41) is 8.85. The summed E-state index contributed by atoms with van der Waals surface area (Å²) in [7, 11) is 0. The van der Waals surface area contributed by atoms with Crippen LogP contribution in [0.15, 0.2) is 6.07 Å². The van der Waals surface area contributed by atoms with E-state index in [4.69, 9.17) is 5.11 Å². The summed E-state index contributed by atoms with van der Waals surface area (Å²) in [5.41, 5.74) is -1.19. The van der Waals surface area contributed by atoms with Gasteiger partial charge in [-0.1, -0.05) is 0 Å². The van der Waals surface area contributed by atoms with Crippen molar-refractivity contribution in [2.24, 2.45) is 0 Å². The van der Waals surface area contributed by atoms with Crippen LogP contribution in [0.5, 0.6) is 0 Å². The largest absolute Gasteiger partial charge is 0.477 e. The van der Waals surface area contributed by atoms with Gasteiger partial charge in [-0.25, -0.2) is 4.79 Å². The molecule has 0 aliphatic carbocycles. The number of aryl methyl sites for hydroxylation is 1. The van der Waals surface area contributed by atoms with E-state index in [1.54, 1.807) is 0 Å². The number of hydrogen-bond donors (Lipinski definition) is 1. The fraction of sp³-hybridized carbons (Fsp3) is 0.500. The molecule has 0 atom stereocenters. The molecule has 1 aromatic rings. The first-order valence-electron chi connectivity index (χ1n) is 4.94. The molecule has 0 saturated heterocycles. The second-order valence-electron chi connectivity index (χ2n) is 3.81. The maximum absolute atomic E-state index is 12.6. The molecule has 0 aromatic carbocycles. The smallest absolute Gasteiger partial charge is 0.418 e. The summed E-state index contributed by atoms with van der Waals surface area (Å²) in [5.74, 6) is -1.51. The van der Waals surface area contributed by atoms with E-state index in [2.05, 4.69) is 0 Å². The van der Waals surface area contributed by atoms with Crippen LogP contribution in [0.25, 0.3) is 0 Å². The van der Waals surface area contributed by atoms with Crippen molar-refractivity contribution in [2.75, 3.05) is 0 Å². The predicted molar refractivity (Wildman–Crippen MR) is 49.3 cm³/mol. The van der Waals surface area contributed by atoms with E-state index in [1.165, 1.54) is 4.57 Å². The van der Waals surface area contributed by atoms with E-state index in [1.807, 2.05) is 0 Å². The summed E-state index contributed by atoms with van der Waals surface area (Å²) < 4.78 is 39.1. The van der Waals surface area contributed by atoms with Crippen LogP contribution in [-0.4, -0.2) is 15.6 Å². The molecule has 0 unspecified atom stereocenters. The standard InChI is InChI=1S/C10H10F3NO2/c11-10(12,13)7-5-6-3-1-2-4-14(6)8(7)9(15)16/h5H,1-4H2,(H,15,16). The Balaban J connectivity index is 2.61. The lowest BCUT2D eigenvalue weighted by Gasteiger charge is -2.16. The highest BCUT2D eigenvalue weighted by Crippen LogP contribution is 2.35. The molecule has 16 heavy (non-hydrogen) atoms. The molecule has 0 amide bonds. The monoisotopic (exact) mass is 233 g/mol. The zero-order chi connectivity index (χ0) is 11.9. The van der Waals surface area contributed by atoms with Crippen molar-refractivity contribution in [3.8, 4) is 0 Å². The maximum Gasteiger partial charge on any atom is 0.418 e. The molecule has 0 spiro atoms. The van der Waals surface area contributed by atoms with E-state index >= 15 is 0 Å². The van der Waals surface area contributed by atoms with E-state index in [9.17, 15) is 18.0 Å². The van der Waals surface area contributed by atoms with Gasteiger partial charge in [-0.3, -0.25) is 0 Å². The summed E-state index contributed by atoms with van der Waals surface area (Å²) in [6.45, 7) is 0.354. The molecule has 0 radical (unpaired) electrons. The zero-order valence-electron chi connectivity index (χ0n) is 8.34. The summed E-state index contributed by atoms with van der Waals surface area (Å²) in [6, 6.07) is 0.961. The van der Waals surface area contributed by atoms with Crippen LogP contribution in [0.1, 0.15) is 34.6 Å². The molecule has 1 aliphatic heterocycles. The van der Waals surface area contributed by atoms with Gasteiger partial charge in [0.15, 0.2) is 0 Å². The molecule has 1 N–H and O–H groups in total. The summed E-state index contributed by atoms with van der Waals surface area (Å²) in [4.78, 5) is 10.9. The van der Waals surface area contributed by atoms with Crippen LogP contribution in [0, 0.1) is 0 Å². The number of carboxylic acids is 1. The first kappa shape index (κ1) is 11.0. The van der Waals surface area contributed by atoms with E-state index in [0.29, 0.717) is 18.7 Å². The third-order valence-corrected chi connectivity index (χ3v) is 2.76. The van der Waals surface area contributed by atoms with Crippen molar-refractivity contribution in [1.82, 2.24) is 4.57 Å². The third kappa shape index (κ3) is 1.68. The Bertz CT molecular complexity index is 434. The lowest BCUT2D eigenvalue weighted by molar-refractivity contribution is -0.138. The summed E-state index contributed by atoms with van der Waals surface area (Å²) >= 11 is 0. The van der Waals surface area contributed by atoms with Crippen LogP contribution < -0.4 is 0 Å². The molecule has 1 aliphatic rings. The topological polar surface area (TPSA) is 42.2 Å². The van der Waals surface area contributed by atoms with Gasteiger partial charge >= 0.3 is 12.1 Å². The Hall–Kier alpha value is -1.46. The number of carbonyl (C=O) groups is 1. The Morgan fingerprint density at radius 2 is 2.06 bits per heavy atom. The van der Waals surface area contributed by atoms with Crippen LogP contribution in [0.3, 0.4) is 0 Å². The van der Waals surface area contributed by atoms with Gasteiger partial charge in [0, 0.05) is 12.2 Å². The number of nitrogens with zero attached hydrogens (tertiary/aromatic N) is 1. The van der Waals surface area contributed by atoms with Gasteiger partial charge in [0.1, 0.15) is 5.69 Å². The first-order valence-corrected chi connectivity index (χ1v) is 4.94. The second kappa shape index (κ2) is 3.54. The van der Waals surface area contributed by atoms with Gasteiger partial charge in [0.05, 0.1) is 5.56 Å². The predicted octanol–water partition coefficient (Wildman–Crippen LogP) is 2.54. The molecule has 3 nitrogen and oxygen atoms in total. The highest BCUT2D eigenvalue weighted by Gasteiger charge is 2.39. The lowest BCUT2D eigenvalue weighted by Crippen LogP contribution is -2.18. The maximum atomic E-state index is 12.6. The molecular formula is C10H10F3NO2. The zero-order valence-corrected chi connectivity index (χ0v) is 8.34. The molecule has 2 rings (SSSR count). The minimum Gasteiger partial charge on any atom is -0.477 e. The molecule has 88 valence electrons. The van der Waals surface area contributed by atoms with Crippen LogP contribution in [-0.2, 0) is 19.1 Å². The number of aromatic nitrogens is 1. The van der Waals surface area contributed by atoms with E-state index in [-0.39, 0.29) is 0 Å². The van der Waals surface area contributed by atoms with E-state index < -0.39 is 23.4 Å². The number of hydrogen-bond acceptors (Lipinski definition) is 1. The van der Waals surface area contributed by atoms with Crippen molar-refractivity contribution in [2.45, 2.75) is 32.0 Å². The first-order chi connectivity index (χ1) is 7.41. The van der Waals surface area contributed by atoms with Crippen molar-refractivity contribution in [3.05, 3.63) is 23.0 Å². The Morgan fingerprint density at radius 3 is 2.62 bits per heavy atom. The number of rotatable bonds is 1. The van der Waals surface area contributed by atoms with Gasteiger partial charge in [-0.05, 0) is 25.3 Å².